The molecule has 23 heavy (non-hydrogen) atoms. The molecule has 2 rings (SSSR count). The molecule has 0 bridgehead atoms. The number of carbonyl (C=O) groups is 1. The van der Waals surface area contributed by atoms with Gasteiger partial charge in [0.1, 0.15) is 0 Å². The maximum Gasteiger partial charge on any atom is 0.315 e. The minimum Gasteiger partial charge on any atom is -0.334 e. The molecule has 0 unspecified atom stereocenters. The molecule has 2 N–H and O–H groups in total. The molecule has 1 saturated heterocycles. The topological polar surface area (TPSA) is 44.4 Å². The van der Waals surface area contributed by atoms with Crippen LogP contribution in [0, 0.1) is 5.92 Å². The van der Waals surface area contributed by atoms with E-state index in [1.54, 1.807) is 0 Å². The van der Waals surface area contributed by atoms with Gasteiger partial charge in [-0.15, -0.1) is 0 Å². The molecule has 4 nitrogen and oxygen atoms in total. The maximum absolute atomic E-state index is 11.8. The summed E-state index contributed by atoms with van der Waals surface area (Å²) in [6.45, 7) is 12.3. The number of nitrogens with zero attached hydrogens (tertiary/aromatic N) is 1. The highest BCUT2D eigenvalue weighted by molar-refractivity contribution is 5.74. The molecular formula is C19H31N3O. The van der Waals surface area contributed by atoms with Gasteiger partial charge in [0.15, 0.2) is 0 Å². The van der Waals surface area contributed by atoms with Gasteiger partial charge in [0, 0.05) is 18.6 Å². The Hall–Kier alpha value is -1.55. The fourth-order valence-electron chi connectivity index (χ4n) is 2.81. The monoisotopic (exact) mass is 317 g/mol. The van der Waals surface area contributed by atoms with E-state index in [9.17, 15) is 4.79 Å². The summed E-state index contributed by atoms with van der Waals surface area (Å²) in [4.78, 5) is 14.3. The fourth-order valence-corrected chi connectivity index (χ4v) is 2.81. The van der Waals surface area contributed by atoms with Crippen LogP contribution in [0.2, 0.25) is 0 Å². The van der Waals surface area contributed by atoms with Crippen LogP contribution in [0.25, 0.3) is 0 Å². The van der Waals surface area contributed by atoms with Gasteiger partial charge in [-0.3, -0.25) is 4.90 Å². The van der Waals surface area contributed by atoms with E-state index in [-0.39, 0.29) is 11.6 Å². The number of likely N-dealkylation sites (tertiary alicyclic amines) is 1. The molecule has 1 aliphatic heterocycles. The van der Waals surface area contributed by atoms with Crippen molar-refractivity contribution in [3.63, 3.8) is 0 Å². The molecule has 1 fully saturated rings. The van der Waals surface area contributed by atoms with Crippen LogP contribution in [0.15, 0.2) is 24.3 Å². The summed E-state index contributed by atoms with van der Waals surface area (Å²) in [6.07, 6.45) is 2.62. The predicted molar refractivity (Wildman–Crippen MR) is 95.2 cm³/mol. The number of rotatable bonds is 4. The standard InChI is InChI=1S/C19H31N3O/c1-15-9-11-22(12-10-15)14-17-7-5-16(6-8-17)13-20-18(23)21-19(2,3)4/h5-8,15H,9-14H2,1-4H3,(H2,20,21,23). The Bertz CT molecular complexity index is 496. The second kappa shape index (κ2) is 7.82. The van der Waals surface area contributed by atoms with Gasteiger partial charge in [-0.1, -0.05) is 31.2 Å². The summed E-state index contributed by atoms with van der Waals surface area (Å²) in [5.74, 6) is 0.874. The molecule has 0 aromatic heterocycles. The Labute approximate surface area is 140 Å². The SMILES string of the molecule is CC1CCN(Cc2ccc(CNC(=O)NC(C)(C)C)cc2)CC1. The number of hydrogen-bond donors (Lipinski definition) is 2. The highest BCUT2D eigenvalue weighted by Gasteiger charge is 2.15. The first-order valence-corrected chi connectivity index (χ1v) is 8.68. The van der Waals surface area contributed by atoms with Gasteiger partial charge >= 0.3 is 6.03 Å². The zero-order chi connectivity index (χ0) is 16.9. The number of benzene rings is 1. The second-order valence-electron chi connectivity index (χ2n) is 7.83. The number of amides is 2. The van der Waals surface area contributed by atoms with E-state index < -0.39 is 0 Å². The van der Waals surface area contributed by atoms with Crippen molar-refractivity contribution in [1.29, 1.82) is 0 Å². The quantitative estimate of drug-likeness (QED) is 0.892. The molecule has 0 aliphatic carbocycles. The van der Waals surface area contributed by atoms with Crippen molar-refractivity contribution in [2.45, 2.75) is 59.2 Å². The van der Waals surface area contributed by atoms with Crippen molar-refractivity contribution >= 4 is 6.03 Å². The Morgan fingerprint density at radius 1 is 1.13 bits per heavy atom. The van der Waals surface area contributed by atoms with Crippen molar-refractivity contribution in [3.8, 4) is 0 Å². The first kappa shape index (κ1) is 17.8. The van der Waals surface area contributed by atoms with E-state index in [0.717, 1.165) is 18.0 Å². The van der Waals surface area contributed by atoms with Crippen LogP contribution in [0.3, 0.4) is 0 Å². The van der Waals surface area contributed by atoms with Crippen molar-refractivity contribution in [2.75, 3.05) is 13.1 Å². The Morgan fingerprint density at radius 3 is 2.26 bits per heavy atom. The van der Waals surface area contributed by atoms with Crippen LogP contribution in [0.1, 0.15) is 51.7 Å². The number of nitrogens with one attached hydrogen (secondary N) is 2. The molecule has 1 aromatic carbocycles. The summed E-state index contributed by atoms with van der Waals surface area (Å²) < 4.78 is 0. The van der Waals surface area contributed by atoms with Gasteiger partial charge in [0.05, 0.1) is 0 Å². The third-order valence-electron chi connectivity index (χ3n) is 4.25. The molecule has 0 saturated carbocycles. The smallest absolute Gasteiger partial charge is 0.315 e. The van der Waals surface area contributed by atoms with Gasteiger partial charge < -0.3 is 10.6 Å². The Balaban J connectivity index is 1.77. The Kier molecular flexibility index (Phi) is 6.05. The fraction of sp³-hybridized carbons (Fsp3) is 0.632. The summed E-state index contributed by atoms with van der Waals surface area (Å²) >= 11 is 0. The summed E-state index contributed by atoms with van der Waals surface area (Å²) in [6, 6.07) is 8.45. The minimum atomic E-state index is -0.208. The number of urea groups is 1. The van der Waals surface area contributed by atoms with Crippen LogP contribution in [0.4, 0.5) is 4.79 Å². The van der Waals surface area contributed by atoms with Crippen LogP contribution >= 0.6 is 0 Å². The lowest BCUT2D eigenvalue weighted by molar-refractivity contribution is 0.185. The molecule has 1 aromatic rings. The molecule has 128 valence electrons. The van der Waals surface area contributed by atoms with Crippen molar-refractivity contribution in [3.05, 3.63) is 35.4 Å². The van der Waals surface area contributed by atoms with Crippen LogP contribution < -0.4 is 10.6 Å². The predicted octanol–water partition coefficient (Wildman–Crippen LogP) is 3.52. The van der Waals surface area contributed by atoms with E-state index in [2.05, 4.69) is 46.7 Å². The van der Waals surface area contributed by atoms with E-state index in [1.807, 2.05) is 20.8 Å². The number of piperidine rings is 1. The van der Waals surface area contributed by atoms with Crippen molar-refractivity contribution in [1.82, 2.24) is 15.5 Å². The summed E-state index contributed by atoms with van der Waals surface area (Å²) in [5, 5.41) is 5.80. The summed E-state index contributed by atoms with van der Waals surface area (Å²) in [5.41, 5.74) is 2.27. The lowest BCUT2D eigenvalue weighted by Crippen LogP contribution is -2.46. The highest BCUT2D eigenvalue weighted by Crippen LogP contribution is 2.18. The maximum atomic E-state index is 11.8. The Morgan fingerprint density at radius 2 is 1.70 bits per heavy atom. The van der Waals surface area contributed by atoms with Crippen molar-refractivity contribution < 1.29 is 4.79 Å². The average molecular weight is 317 g/mol. The van der Waals surface area contributed by atoms with E-state index >= 15 is 0 Å². The third kappa shape index (κ3) is 6.61. The van der Waals surface area contributed by atoms with Gasteiger partial charge in [0.2, 0.25) is 0 Å². The average Bonchev–Trinajstić information content (AvgIpc) is 2.47. The van der Waals surface area contributed by atoms with Gasteiger partial charge in [-0.2, -0.15) is 0 Å². The third-order valence-corrected chi connectivity index (χ3v) is 4.25. The number of hydrogen-bond acceptors (Lipinski definition) is 2. The van der Waals surface area contributed by atoms with Crippen LogP contribution in [-0.4, -0.2) is 29.6 Å². The molecule has 0 radical (unpaired) electrons. The van der Waals surface area contributed by atoms with Gasteiger partial charge in [0.25, 0.3) is 0 Å². The zero-order valence-corrected chi connectivity index (χ0v) is 15.0. The molecule has 0 atom stereocenters. The molecule has 4 heteroatoms. The highest BCUT2D eigenvalue weighted by atomic mass is 16.2. The first-order valence-electron chi connectivity index (χ1n) is 8.68. The van der Waals surface area contributed by atoms with Crippen LogP contribution in [0.5, 0.6) is 0 Å². The molecule has 0 spiro atoms. The van der Waals surface area contributed by atoms with Gasteiger partial charge in [-0.25, -0.2) is 4.79 Å². The first-order chi connectivity index (χ1) is 10.8. The van der Waals surface area contributed by atoms with Gasteiger partial charge in [-0.05, 0) is 63.7 Å². The lowest BCUT2D eigenvalue weighted by atomic mass is 9.99. The number of carbonyl (C=O) groups excluding carboxylic acids is 1. The molecular weight excluding hydrogens is 286 g/mol. The van der Waals surface area contributed by atoms with E-state index in [1.165, 1.54) is 31.5 Å². The largest absolute Gasteiger partial charge is 0.334 e. The minimum absolute atomic E-state index is 0.121. The zero-order valence-electron chi connectivity index (χ0n) is 15.0. The normalized spacial score (nSPS) is 17.0. The van der Waals surface area contributed by atoms with E-state index in [0.29, 0.717) is 6.54 Å². The molecule has 1 heterocycles. The molecule has 1 aliphatic rings. The molecule has 2 amide bonds. The van der Waals surface area contributed by atoms with E-state index in [4.69, 9.17) is 0 Å². The lowest BCUT2D eigenvalue weighted by Gasteiger charge is -2.30. The summed E-state index contributed by atoms with van der Waals surface area (Å²) in [7, 11) is 0. The van der Waals surface area contributed by atoms with Crippen LogP contribution in [-0.2, 0) is 13.1 Å². The second-order valence-corrected chi connectivity index (χ2v) is 7.83. The van der Waals surface area contributed by atoms with Crippen molar-refractivity contribution in [2.24, 2.45) is 5.92 Å².